The standard InChI is InChI=1S/C42H35N3Si/c1-46(2,3)35-28-26-31(27-29-35)37-19-11-13-21-39(37)38-20-12-10-18-36(38)30-22-24-34(25-23-30)42-44-40(32-14-6-4-7-15-32)43-41(45-42)33-16-8-5-9-17-33/h4-29H,1-3H3. The fourth-order valence-electron chi connectivity index (χ4n) is 5.83. The van der Waals surface area contributed by atoms with Crippen molar-refractivity contribution in [3.8, 4) is 67.5 Å². The lowest BCUT2D eigenvalue weighted by atomic mass is 9.89. The second kappa shape index (κ2) is 12.5. The van der Waals surface area contributed by atoms with Crippen molar-refractivity contribution in [2.45, 2.75) is 19.6 Å². The molecule has 3 nitrogen and oxygen atoms in total. The second-order valence-corrected chi connectivity index (χ2v) is 17.6. The predicted molar refractivity (Wildman–Crippen MR) is 195 cm³/mol. The molecule has 4 heteroatoms. The fourth-order valence-corrected chi connectivity index (χ4v) is 6.99. The van der Waals surface area contributed by atoms with Gasteiger partial charge in [0, 0.05) is 16.7 Å². The molecule has 0 unspecified atom stereocenters. The Morgan fingerprint density at radius 3 is 1.00 bits per heavy atom. The summed E-state index contributed by atoms with van der Waals surface area (Å²) in [4.78, 5) is 14.7. The second-order valence-electron chi connectivity index (χ2n) is 12.5. The zero-order chi connectivity index (χ0) is 31.5. The van der Waals surface area contributed by atoms with Gasteiger partial charge in [-0.05, 0) is 33.4 Å². The summed E-state index contributed by atoms with van der Waals surface area (Å²) < 4.78 is 0. The molecule has 0 fully saturated rings. The molecule has 0 radical (unpaired) electrons. The minimum atomic E-state index is -1.37. The molecule has 7 rings (SSSR count). The van der Waals surface area contributed by atoms with Gasteiger partial charge in [0.15, 0.2) is 17.5 Å². The maximum absolute atomic E-state index is 4.91. The van der Waals surface area contributed by atoms with Crippen LogP contribution in [0.25, 0.3) is 67.5 Å². The summed E-state index contributed by atoms with van der Waals surface area (Å²) in [5.41, 5.74) is 10.1. The Balaban J connectivity index is 1.27. The van der Waals surface area contributed by atoms with Gasteiger partial charge in [-0.3, -0.25) is 0 Å². The van der Waals surface area contributed by atoms with Crippen LogP contribution in [-0.4, -0.2) is 23.0 Å². The summed E-state index contributed by atoms with van der Waals surface area (Å²) in [5.74, 6) is 1.97. The Morgan fingerprint density at radius 2 is 0.609 bits per heavy atom. The predicted octanol–water partition coefficient (Wildman–Crippen LogP) is 10.4. The van der Waals surface area contributed by atoms with Crippen molar-refractivity contribution in [3.63, 3.8) is 0 Å². The van der Waals surface area contributed by atoms with Gasteiger partial charge in [0.1, 0.15) is 0 Å². The maximum Gasteiger partial charge on any atom is 0.164 e. The van der Waals surface area contributed by atoms with Crippen molar-refractivity contribution in [2.75, 3.05) is 0 Å². The lowest BCUT2D eigenvalue weighted by molar-refractivity contribution is 1.07. The van der Waals surface area contributed by atoms with Crippen LogP contribution in [0, 0.1) is 0 Å². The molecule has 0 N–H and O–H groups in total. The molecule has 0 aliphatic heterocycles. The van der Waals surface area contributed by atoms with Crippen LogP contribution in [0.2, 0.25) is 19.6 Å². The first-order valence-corrected chi connectivity index (χ1v) is 19.2. The van der Waals surface area contributed by atoms with E-state index in [-0.39, 0.29) is 0 Å². The van der Waals surface area contributed by atoms with Gasteiger partial charge in [-0.25, -0.2) is 15.0 Å². The Kier molecular flexibility index (Phi) is 7.96. The number of benzene rings is 6. The van der Waals surface area contributed by atoms with E-state index in [2.05, 4.69) is 117 Å². The highest BCUT2D eigenvalue weighted by Gasteiger charge is 2.18. The average Bonchev–Trinajstić information content (AvgIpc) is 3.12. The van der Waals surface area contributed by atoms with E-state index in [1.165, 1.54) is 33.0 Å². The highest BCUT2D eigenvalue weighted by Crippen LogP contribution is 2.38. The molecule has 0 saturated carbocycles. The van der Waals surface area contributed by atoms with E-state index in [4.69, 9.17) is 15.0 Å². The van der Waals surface area contributed by atoms with Gasteiger partial charge >= 0.3 is 0 Å². The van der Waals surface area contributed by atoms with Crippen molar-refractivity contribution in [2.24, 2.45) is 0 Å². The molecule has 0 amide bonds. The van der Waals surface area contributed by atoms with E-state index in [1.807, 2.05) is 60.7 Å². The first-order chi connectivity index (χ1) is 22.4. The van der Waals surface area contributed by atoms with Gasteiger partial charge in [0.05, 0.1) is 8.07 Å². The third-order valence-electron chi connectivity index (χ3n) is 8.36. The Morgan fingerprint density at radius 1 is 0.304 bits per heavy atom. The molecule has 0 atom stereocenters. The number of aromatic nitrogens is 3. The van der Waals surface area contributed by atoms with Crippen LogP contribution < -0.4 is 5.19 Å². The van der Waals surface area contributed by atoms with Crippen LogP contribution in [0.5, 0.6) is 0 Å². The highest BCUT2D eigenvalue weighted by atomic mass is 28.3. The summed E-state index contributed by atoms with van der Waals surface area (Å²) in [6.07, 6.45) is 0. The first kappa shape index (κ1) is 29.3. The van der Waals surface area contributed by atoms with Gasteiger partial charge in [0.25, 0.3) is 0 Å². The highest BCUT2D eigenvalue weighted by molar-refractivity contribution is 6.88. The minimum Gasteiger partial charge on any atom is -0.208 e. The largest absolute Gasteiger partial charge is 0.208 e. The molecule has 6 aromatic carbocycles. The third kappa shape index (κ3) is 6.08. The maximum atomic E-state index is 4.91. The monoisotopic (exact) mass is 609 g/mol. The molecule has 7 aromatic rings. The lowest BCUT2D eigenvalue weighted by Gasteiger charge is -2.18. The van der Waals surface area contributed by atoms with Crippen LogP contribution >= 0.6 is 0 Å². The first-order valence-electron chi connectivity index (χ1n) is 15.7. The molecule has 0 aliphatic rings. The molecule has 0 spiro atoms. The van der Waals surface area contributed by atoms with E-state index in [1.54, 1.807) is 0 Å². The van der Waals surface area contributed by atoms with Gasteiger partial charge in [0.2, 0.25) is 0 Å². The zero-order valence-corrected chi connectivity index (χ0v) is 27.4. The van der Waals surface area contributed by atoms with Gasteiger partial charge in [-0.15, -0.1) is 0 Å². The van der Waals surface area contributed by atoms with Crippen molar-refractivity contribution >= 4 is 13.3 Å². The van der Waals surface area contributed by atoms with Crippen LogP contribution in [0.1, 0.15) is 0 Å². The molecular formula is C42H35N3Si. The van der Waals surface area contributed by atoms with Crippen LogP contribution in [0.4, 0.5) is 0 Å². The normalized spacial score (nSPS) is 11.4. The summed E-state index contributed by atoms with van der Waals surface area (Å²) >= 11 is 0. The number of hydrogen-bond donors (Lipinski definition) is 0. The average molecular weight is 610 g/mol. The number of hydrogen-bond acceptors (Lipinski definition) is 3. The van der Waals surface area contributed by atoms with E-state index in [9.17, 15) is 0 Å². The van der Waals surface area contributed by atoms with Crippen molar-refractivity contribution < 1.29 is 0 Å². The molecular weight excluding hydrogens is 575 g/mol. The van der Waals surface area contributed by atoms with Crippen LogP contribution in [-0.2, 0) is 0 Å². The number of nitrogens with zero attached hydrogens (tertiary/aromatic N) is 3. The van der Waals surface area contributed by atoms with Crippen molar-refractivity contribution in [1.29, 1.82) is 0 Å². The molecule has 1 aromatic heterocycles. The summed E-state index contributed by atoms with van der Waals surface area (Å²) in [6.45, 7) is 7.17. The molecule has 0 aliphatic carbocycles. The van der Waals surface area contributed by atoms with E-state index >= 15 is 0 Å². The molecule has 222 valence electrons. The topological polar surface area (TPSA) is 38.7 Å². The van der Waals surface area contributed by atoms with Crippen molar-refractivity contribution in [3.05, 3.63) is 158 Å². The third-order valence-corrected chi connectivity index (χ3v) is 10.4. The summed E-state index contributed by atoms with van der Waals surface area (Å²) in [6, 6.07) is 55.3. The zero-order valence-electron chi connectivity index (χ0n) is 26.4. The molecule has 0 saturated heterocycles. The Hall–Kier alpha value is -5.45. The summed E-state index contributed by atoms with van der Waals surface area (Å²) in [7, 11) is -1.37. The SMILES string of the molecule is C[Si](C)(C)c1ccc(-c2ccccc2-c2ccccc2-c2ccc(-c3nc(-c4ccccc4)nc(-c4ccccc4)n3)cc2)cc1. The Bertz CT molecular complexity index is 2040. The smallest absolute Gasteiger partial charge is 0.164 e. The molecule has 46 heavy (non-hydrogen) atoms. The summed E-state index contributed by atoms with van der Waals surface area (Å²) in [5, 5.41) is 1.47. The fraction of sp³-hybridized carbons (Fsp3) is 0.0714. The van der Waals surface area contributed by atoms with Gasteiger partial charge in [-0.2, -0.15) is 0 Å². The quantitative estimate of drug-likeness (QED) is 0.169. The molecule has 1 heterocycles. The number of rotatable bonds is 7. The lowest BCUT2D eigenvalue weighted by Crippen LogP contribution is -2.37. The van der Waals surface area contributed by atoms with E-state index in [0.29, 0.717) is 17.5 Å². The molecule has 0 bridgehead atoms. The van der Waals surface area contributed by atoms with Crippen LogP contribution in [0.15, 0.2) is 158 Å². The van der Waals surface area contributed by atoms with Crippen LogP contribution in [0.3, 0.4) is 0 Å². The van der Waals surface area contributed by atoms with Gasteiger partial charge < -0.3 is 0 Å². The Labute approximate surface area is 272 Å². The van der Waals surface area contributed by atoms with Gasteiger partial charge in [-0.1, -0.05) is 183 Å². The van der Waals surface area contributed by atoms with Crippen molar-refractivity contribution in [1.82, 2.24) is 15.0 Å². The van der Waals surface area contributed by atoms with E-state index in [0.717, 1.165) is 22.3 Å². The minimum absolute atomic E-state index is 0.652. The van der Waals surface area contributed by atoms with E-state index < -0.39 is 8.07 Å².